The van der Waals surface area contributed by atoms with E-state index in [2.05, 4.69) is 10.7 Å². The number of hydrogen-bond acceptors (Lipinski definition) is 4. The molecule has 4 amide bonds. The van der Waals surface area contributed by atoms with Crippen molar-refractivity contribution in [3.63, 3.8) is 0 Å². The average molecular weight is 392 g/mol. The van der Waals surface area contributed by atoms with Gasteiger partial charge in [-0.25, -0.2) is 9.18 Å². The predicted octanol–water partition coefficient (Wildman–Crippen LogP) is 2.36. The Morgan fingerprint density at radius 2 is 1.96 bits per heavy atom. The summed E-state index contributed by atoms with van der Waals surface area (Å²) < 4.78 is 18.2. The second kappa shape index (κ2) is 7.24. The number of imide groups is 1. The summed E-state index contributed by atoms with van der Waals surface area (Å²) in [5.41, 5.74) is 1.47. The zero-order chi connectivity index (χ0) is 19.6. The highest BCUT2D eigenvalue weighted by atomic mass is 35.5. The number of carbonyl (C=O) groups excluding carboxylic acids is 3. The number of carbonyl (C=O) groups is 3. The van der Waals surface area contributed by atoms with Gasteiger partial charge in [0.1, 0.15) is 17.1 Å². The van der Waals surface area contributed by atoms with Crippen LogP contribution >= 0.6 is 11.6 Å². The first-order valence-corrected chi connectivity index (χ1v) is 8.28. The van der Waals surface area contributed by atoms with Crippen molar-refractivity contribution in [2.75, 3.05) is 6.61 Å². The zero-order valence-electron chi connectivity index (χ0n) is 14.2. The van der Waals surface area contributed by atoms with Gasteiger partial charge in [-0.15, -0.1) is 0 Å². The van der Waals surface area contributed by atoms with Gasteiger partial charge in [0.05, 0.1) is 5.02 Å². The molecular weight excluding hydrogens is 377 g/mol. The lowest BCUT2D eigenvalue weighted by Crippen LogP contribution is -2.49. The van der Waals surface area contributed by atoms with Crippen LogP contribution in [-0.4, -0.2) is 29.5 Å². The molecule has 9 heteroatoms. The van der Waals surface area contributed by atoms with Crippen LogP contribution in [0.3, 0.4) is 0 Å². The van der Waals surface area contributed by atoms with E-state index in [1.807, 2.05) is 0 Å². The Kier molecular flexibility index (Phi) is 5.00. The molecule has 0 aromatic heterocycles. The standard InChI is InChI=1S/C18H15ClFN3O4/c1-18(11-5-3-2-4-6-11)16(25)23(17(26)21-18)22-15(24)10-27-14-8-7-12(20)9-13(14)19/h2-9H,10H2,1H3,(H,21,26)(H,22,24). The van der Waals surface area contributed by atoms with Crippen LogP contribution in [0.4, 0.5) is 9.18 Å². The summed E-state index contributed by atoms with van der Waals surface area (Å²) in [4.78, 5) is 36.9. The first kappa shape index (κ1) is 18.7. The second-order valence-electron chi connectivity index (χ2n) is 5.96. The number of nitrogens with one attached hydrogen (secondary N) is 2. The number of hydrazine groups is 1. The van der Waals surface area contributed by atoms with Crippen molar-refractivity contribution >= 4 is 29.4 Å². The molecule has 2 aromatic carbocycles. The molecule has 27 heavy (non-hydrogen) atoms. The molecule has 2 aromatic rings. The van der Waals surface area contributed by atoms with Gasteiger partial charge in [-0.2, -0.15) is 5.01 Å². The van der Waals surface area contributed by atoms with Crippen molar-refractivity contribution in [2.24, 2.45) is 0 Å². The van der Waals surface area contributed by atoms with Gasteiger partial charge in [0.15, 0.2) is 6.61 Å². The number of halogens is 2. The number of urea groups is 1. The molecule has 2 N–H and O–H groups in total. The molecule has 1 atom stereocenters. The molecule has 1 heterocycles. The van der Waals surface area contributed by atoms with Crippen molar-refractivity contribution < 1.29 is 23.5 Å². The monoisotopic (exact) mass is 391 g/mol. The molecule has 0 spiro atoms. The SMILES string of the molecule is CC1(c2ccccc2)NC(=O)N(NC(=O)COc2ccc(F)cc2Cl)C1=O. The third-order valence-electron chi connectivity index (χ3n) is 4.03. The molecule has 1 aliphatic heterocycles. The van der Waals surface area contributed by atoms with Crippen LogP contribution in [0, 0.1) is 5.82 Å². The molecule has 1 saturated heterocycles. The van der Waals surface area contributed by atoms with Gasteiger partial charge in [-0.05, 0) is 30.7 Å². The van der Waals surface area contributed by atoms with Gasteiger partial charge in [0.25, 0.3) is 11.8 Å². The summed E-state index contributed by atoms with van der Waals surface area (Å²) in [5, 5.41) is 3.16. The lowest BCUT2D eigenvalue weighted by atomic mass is 9.92. The number of rotatable bonds is 5. The van der Waals surface area contributed by atoms with Gasteiger partial charge >= 0.3 is 6.03 Å². The van der Waals surface area contributed by atoms with E-state index in [0.29, 0.717) is 10.6 Å². The molecule has 7 nitrogen and oxygen atoms in total. The van der Waals surface area contributed by atoms with Crippen LogP contribution in [0.1, 0.15) is 12.5 Å². The highest BCUT2D eigenvalue weighted by Gasteiger charge is 2.49. The molecule has 1 fully saturated rings. The van der Waals surface area contributed by atoms with Crippen LogP contribution in [0.25, 0.3) is 0 Å². The van der Waals surface area contributed by atoms with Gasteiger partial charge < -0.3 is 10.1 Å². The third kappa shape index (κ3) is 3.70. The Balaban J connectivity index is 1.66. The van der Waals surface area contributed by atoms with Gasteiger partial charge in [-0.1, -0.05) is 41.9 Å². The Labute approximate surface area is 159 Å². The van der Waals surface area contributed by atoms with Crippen LogP contribution in [0.5, 0.6) is 5.75 Å². The zero-order valence-corrected chi connectivity index (χ0v) is 14.9. The Bertz CT molecular complexity index is 909. The van der Waals surface area contributed by atoms with Crippen LogP contribution < -0.4 is 15.5 Å². The first-order chi connectivity index (χ1) is 12.8. The Morgan fingerprint density at radius 3 is 2.63 bits per heavy atom. The van der Waals surface area contributed by atoms with Crippen molar-refractivity contribution in [2.45, 2.75) is 12.5 Å². The Morgan fingerprint density at radius 1 is 1.26 bits per heavy atom. The normalized spacial score (nSPS) is 19.0. The highest BCUT2D eigenvalue weighted by Crippen LogP contribution is 2.28. The molecule has 0 aliphatic carbocycles. The molecule has 1 aliphatic rings. The van der Waals surface area contributed by atoms with E-state index >= 15 is 0 Å². The number of ether oxygens (including phenoxy) is 1. The topological polar surface area (TPSA) is 87.7 Å². The fourth-order valence-corrected chi connectivity index (χ4v) is 2.82. The highest BCUT2D eigenvalue weighted by molar-refractivity contribution is 6.32. The predicted molar refractivity (Wildman–Crippen MR) is 94.2 cm³/mol. The van der Waals surface area contributed by atoms with Crippen LogP contribution in [-0.2, 0) is 15.1 Å². The minimum atomic E-state index is -1.30. The molecule has 0 saturated carbocycles. The number of hydrogen-bond donors (Lipinski definition) is 2. The quantitative estimate of drug-likeness (QED) is 0.766. The third-order valence-corrected chi connectivity index (χ3v) is 4.33. The minimum Gasteiger partial charge on any atom is -0.482 e. The van der Waals surface area contributed by atoms with Gasteiger partial charge in [0, 0.05) is 0 Å². The molecule has 140 valence electrons. The molecular formula is C18H15ClFN3O4. The summed E-state index contributed by atoms with van der Waals surface area (Å²) in [6, 6.07) is 11.3. The van der Waals surface area contributed by atoms with E-state index in [1.54, 1.807) is 37.3 Å². The number of benzene rings is 2. The van der Waals surface area contributed by atoms with E-state index in [0.717, 1.165) is 12.1 Å². The maximum Gasteiger partial charge on any atom is 0.344 e. The van der Waals surface area contributed by atoms with E-state index in [4.69, 9.17) is 16.3 Å². The van der Waals surface area contributed by atoms with Crippen LogP contribution in [0.15, 0.2) is 48.5 Å². The summed E-state index contributed by atoms with van der Waals surface area (Å²) >= 11 is 5.81. The van der Waals surface area contributed by atoms with E-state index in [9.17, 15) is 18.8 Å². The van der Waals surface area contributed by atoms with Crippen molar-refractivity contribution in [1.82, 2.24) is 15.8 Å². The van der Waals surface area contributed by atoms with Crippen molar-refractivity contribution in [1.29, 1.82) is 0 Å². The summed E-state index contributed by atoms with van der Waals surface area (Å²) in [6.45, 7) is 1.02. The number of nitrogens with zero attached hydrogens (tertiary/aromatic N) is 1. The summed E-state index contributed by atoms with van der Waals surface area (Å²) in [6.07, 6.45) is 0. The molecule has 0 radical (unpaired) electrons. The summed E-state index contributed by atoms with van der Waals surface area (Å²) in [5.74, 6) is -1.83. The van der Waals surface area contributed by atoms with Gasteiger partial charge in [-0.3, -0.25) is 15.0 Å². The lowest BCUT2D eigenvalue weighted by molar-refractivity contribution is -0.139. The van der Waals surface area contributed by atoms with E-state index in [-0.39, 0.29) is 10.8 Å². The van der Waals surface area contributed by atoms with Crippen molar-refractivity contribution in [3.8, 4) is 5.75 Å². The molecule has 1 unspecified atom stereocenters. The maximum absolute atomic E-state index is 13.0. The lowest BCUT2D eigenvalue weighted by Gasteiger charge is -2.22. The Hall–Kier alpha value is -3.13. The number of amides is 4. The molecule has 3 rings (SSSR count). The van der Waals surface area contributed by atoms with Crippen molar-refractivity contribution in [3.05, 3.63) is 64.9 Å². The smallest absolute Gasteiger partial charge is 0.344 e. The minimum absolute atomic E-state index is 0.00514. The first-order valence-electron chi connectivity index (χ1n) is 7.91. The largest absolute Gasteiger partial charge is 0.482 e. The molecule has 0 bridgehead atoms. The maximum atomic E-state index is 13.0. The average Bonchev–Trinajstić information content (AvgIpc) is 2.86. The fraction of sp³-hybridized carbons (Fsp3) is 0.167. The second-order valence-corrected chi connectivity index (χ2v) is 6.37. The van der Waals surface area contributed by atoms with E-state index in [1.165, 1.54) is 6.07 Å². The summed E-state index contributed by atoms with van der Waals surface area (Å²) in [7, 11) is 0. The van der Waals surface area contributed by atoms with Gasteiger partial charge in [0.2, 0.25) is 0 Å². The van der Waals surface area contributed by atoms with Crippen LogP contribution in [0.2, 0.25) is 5.02 Å². The fourth-order valence-electron chi connectivity index (χ4n) is 2.60. The van der Waals surface area contributed by atoms with E-state index < -0.39 is 35.8 Å².